The number of carbonyl (C=O) groups is 1. The summed E-state index contributed by atoms with van der Waals surface area (Å²) in [5.41, 5.74) is -0.0461. The third-order valence-corrected chi connectivity index (χ3v) is 3.15. The molecule has 0 heterocycles. The van der Waals surface area contributed by atoms with Gasteiger partial charge in [-0.3, -0.25) is 0 Å². The molecule has 3 nitrogen and oxygen atoms in total. The number of nitrogens with one attached hydrogen (secondary N) is 2. The topological polar surface area (TPSA) is 41.1 Å². The van der Waals surface area contributed by atoms with Crippen molar-refractivity contribution in [2.75, 3.05) is 10.6 Å². The Bertz CT molecular complexity index is 701. The maximum atomic E-state index is 12.8. The molecular weight excluding hydrogens is 317 g/mol. The van der Waals surface area contributed by atoms with Gasteiger partial charge < -0.3 is 10.6 Å². The third-order valence-electron chi connectivity index (χ3n) is 2.92. The van der Waals surface area contributed by atoms with Crippen LogP contribution in [0.25, 0.3) is 0 Å². The smallest absolute Gasteiger partial charge is 0.307 e. The van der Waals surface area contributed by atoms with Gasteiger partial charge in [-0.05, 0) is 42.8 Å². The van der Waals surface area contributed by atoms with Crippen molar-refractivity contribution in [3.8, 4) is 0 Å². The number of halogens is 4. The average molecular weight is 329 g/mol. The second-order valence-electron chi connectivity index (χ2n) is 4.58. The molecule has 0 saturated heterocycles. The first-order chi connectivity index (χ1) is 10.3. The Kier molecular flexibility index (Phi) is 4.61. The molecule has 7 heteroatoms. The van der Waals surface area contributed by atoms with Crippen molar-refractivity contribution in [3.05, 3.63) is 58.6 Å². The number of carbonyl (C=O) groups excluding carboxylic acids is 1. The molecule has 0 aliphatic heterocycles. The highest BCUT2D eigenvalue weighted by Crippen LogP contribution is 2.34. The minimum Gasteiger partial charge on any atom is -0.307 e. The second-order valence-corrected chi connectivity index (χ2v) is 5.02. The Morgan fingerprint density at radius 2 is 1.68 bits per heavy atom. The lowest BCUT2D eigenvalue weighted by molar-refractivity contribution is -0.136. The average Bonchev–Trinajstić information content (AvgIpc) is 2.41. The van der Waals surface area contributed by atoms with Gasteiger partial charge in [0.2, 0.25) is 0 Å². The van der Waals surface area contributed by atoms with Crippen LogP contribution in [0.2, 0.25) is 5.02 Å². The quantitative estimate of drug-likeness (QED) is 0.770. The molecule has 0 bridgehead atoms. The second kappa shape index (κ2) is 6.27. The Morgan fingerprint density at radius 3 is 2.32 bits per heavy atom. The molecule has 0 saturated carbocycles. The van der Waals surface area contributed by atoms with Crippen molar-refractivity contribution < 1.29 is 18.0 Å². The molecule has 116 valence electrons. The van der Waals surface area contributed by atoms with E-state index in [-0.39, 0.29) is 5.69 Å². The van der Waals surface area contributed by atoms with Crippen LogP contribution in [0.15, 0.2) is 42.5 Å². The third kappa shape index (κ3) is 3.92. The molecule has 2 aromatic carbocycles. The van der Waals surface area contributed by atoms with Gasteiger partial charge in [0.1, 0.15) is 0 Å². The van der Waals surface area contributed by atoms with Gasteiger partial charge >= 0.3 is 12.2 Å². The normalized spacial score (nSPS) is 11.1. The molecule has 0 aliphatic carbocycles. The minimum atomic E-state index is -4.54. The number of anilines is 2. The summed E-state index contributed by atoms with van der Waals surface area (Å²) in [4.78, 5) is 11.9. The summed E-state index contributed by atoms with van der Waals surface area (Å²) in [5, 5.41) is 5.20. The molecule has 2 amide bonds. The van der Waals surface area contributed by atoms with Gasteiger partial charge in [-0.15, -0.1) is 0 Å². The zero-order chi connectivity index (χ0) is 16.3. The molecule has 0 unspecified atom stereocenters. The fraction of sp³-hybridized carbons (Fsp3) is 0.133. The lowest BCUT2D eigenvalue weighted by atomic mass is 10.1. The van der Waals surface area contributed by atoms with Crippen molar-refractivity contribution in [1.29, 1.82) is 0 Å². The zero-order valence-corrected chi connectivity index (χ0v) is 12.2. The highest BCUT2D eigenvalue weighted by Gasteiger charge is 2.33. The molecule has 0 aromatic heterocycles. The Labute approximate surface area is 130 Å². The molecule has 22 heavy (non-hydrogen) atoms. The van der Waals surface area contributed by atoms with Crippen LogP contribution >= 0.6 is 11.6 Å². The van der Waals surface area contributed by atoms with Gasteiger partial charge in [-0.1, -0.05) is 23.7 Å². The maximum absolute atomic E-state index is 12.8. The SMILES string of the molecule is Cc1cc(Cl)ccc1NC(=O)Nc1ccccc1C(F)(F)F. The fourth-order valence-electron chi connectivity index (χ4n) is 1.88. The van der Waals surface area contributed by atoms with E-state index in [1.807, 2.05) is 0 Å². The van der Waals surface area contributed by atoms with Crippen molar-refractivity contribution in [2.45, 2.75) is 13.1 Å². The van der Waals surface area contributed by atoms with Crippen LogP contribution in [0.5, 0.6) is 0 Å². The lowest BCUT2D eigenvalue weighted by Gasteiger charge is -2.14. The fourth-order valence-corrected chi connectivity index (χ4v) is 2.11. The monoisotopic (exact) mass is 328 g/mol. The predicted molar refractivity (Wildman–Crippen MR) is 80.3 cm³/mol. The maximum Gasteiger partial charge on any atom is 0.418 e. The van der Waals surface area contributed by atoms with E-state index in [1.165, 1.54) is 18.2 Å². The number of rotatable bonds is 2. The number of amides is 2. The van der Waals surface area contributed by atoms with Crippen molar-refractivity contribution >= 4 is 29.0 Å². The summed E-state index contributed by atoms with van der Waals surface area (Å²) in [6, 6.07) is 8.80. The van der Waals surface area contributed by atoms with Gasteiger partial charge in [0.25, 0.3) is 0 Å². The van der Waals surface area contributed by atoms with Crippen LogP contribution < -0.4 is 10.6 Å². The van der Waals surface area contributed by atoms with Crippen LogP contribution in [0, 0.1) is 6.92 Å². The summed E-state index contributed by atoms with van der Waals surface area (Å²) >= 11 is 5.80. The van der Waals surface area contributed by atoms with Crippen LogP contribution in [-0.4, -0.2) is 6.03 Å². The van der Waals surface area contributed by atoms with Gasteiger partial charge in [0.05, 0.1) is 11.3 Å². The van der Waals surface area contributed by atoms with Crippen molar-refractivity contribution in [1.82, 2.24) is 0 Å². The standard InChI is InChI=1S/C15H12ClF3N2O/c1-9-8-10(16)6-7-12(9)20-14(22)21-13-5-3-2-4-11(13)15(17,18)19/h2-8H,1H3,(H2,20,21,22). The Hall–Kier alpha value is -2.21. The van der Waals surface area contributed by atoms with E-state index in [1.54, 1.807) is 25.1 Å². The van der Waals surface area contributed by atoms with E-state index in [9.17, 15) is 18.0 Å². The number of aryl methyl sites for hydroxylation is 1. The molecule has 2 aromatic rings. The molecule has 0 radical (unpaired) electrons. The lowest BCUT2D eigenvalue weighted by Crippen LogP contribution is -2.22. The summed E-state index contributed by atoms with van der Waals surface area (Å²) in [5.74, 6) is 0. The molecule has 0 aliphatic rings. The van der Waals surface area contributed by atoms with Crippen molar-refractivity contribution in [3.63, 3.8) is 0 Å². The minimum absolute atomic E-state index is 0.306. The molecule has 0 fully saturated rings. The first kappa shape index (κ1) is 16.2. The first-order valence-electron chi connectivity index (χ1n) is 6.28. The Morgan fingerprint density at radius 1 is 1.05 bits per heavy atom. The zero-order valence-electron chi connectivity index (χ0n) is 11.5. The molecule has 2 N–H and O–H groups in total. The first-order valence-corrected chi connectivity index (χ1v) is 6.65. The molecule has 0 spiro atoms. The van der Waals surface area contributed by atoms with E-state index in [4.69, 9.17) is 11.6 Å². The highest BCUT2D eigenvalue weighted by molar-refractivity contribution is 6.30. The van der Waals surface area contributed by atoms with Crippen LogP contribution in [0.3, 0.4) is 0 Å². The molecular formula is C15H12ClF3N2O. The van der Waals surface area contributed by atoms with E-state index in [0.717, 1.165) is 6.07 Å². The predicted octanol–water partition coefficient (Wildman–Crippen LogP) is 5.31. The number of benzene rings is 2. The van der Waals surface area contributed by atoms with E-state index < -0.39 is 17.8 Å². The number of hydrogen-bond acceptors (Lipinski definition) is 1. The number of urea groups is 1. The number of para-hydroxylation sites is 1. The number of hydrogen-bond donors (Lipinski definition) is 2. The van der Waals surface area contributed by atoms with Gasteiger partial charge in [0, 0.05) is 10.7 Å². The van der Waals surface area contributed by atoms with E-state index >= 15 is 0 Å². The highest BCUT2D eigenvalue weighted by atomic mass is 35.5. The van der Waals surface area contributed by atoms with Crippen LogP contribution in [0.1, 0.15) is 11.1 Å². The van der Waals surface area contributed by atoms with E-state index in [0.29, 0.717) is 16.3 Å². The summed E-state index contributed by atoms with van der Waals surface area (Å²) < 4.78 is 38.5. The summed E-state index contributed by atoms with van der Waals surface area (Å²) in [6.45, 7) is 1.73. The van der Waals surface area contributed by atoms with E-state index in [2.05, 4.69) is 10.6 Å². The van der Waals surface area contributed by atoms with Gasteiger partial charge in [-0.2, -0.15) is 13.2 Å². The number of alkyl halides is 3. The summed E-state index contributed by atoms with van der Waals surface area (Å²) in [6.07, 6.45) is -4.54. The largest absolute Gasteiger partial charge is 0.418 e. The van der Waals surface area contributed by atoms with Gasteiger partial charge in [-0.25, -0.2) is 4.79 Å². The molecule has 2 rings (SSSR count). The van der Waals surface area contributed by atoms with Crippen LogP contribution in [0.4, 0.5) is 29.3 Å². The molecule has 0 atom stereocenters. The van der Waals surface area contributed by atoms with Gasteiger partial charge in [0.15, 0.2) is 0 Å². The Balaban J connectivity index is 2.16. The van der Waals surface area contributed by atoms with Crippen molar-refractivity contribution in [2.24, 2.45) is 0 Å². The van der Waals surface area contributed by atoms with Crippen LogP contribution in [-0.2, 0) is 6.18 Å². The summed E-state index contributed by atoms with van der Waals surface area (Å²) in [7, 11) is 0.